The van der Waals surface area contributed by atoms with Gasteiger partial charge in [-0.15, -0.1) is 23.1 Å². The zero-order chi connectivity index (χ0) is 29.1. The third-order valence-electron chi connectivity index (χ3n) is 8.18. The third kappa shape index (κ3) is 5.90. The topological polar surface area (TPSA) is 135 Å². The first-order valence-electron chi connectivity index (χ1n) is 13.2. The number of nitrogens with zero attached hydrogens (tertiary/aromatic N) is 1. The molecule has 4 N–H and O–H groups in total. The fourth-order valence-corrected chi connectivity index (χ4v) is 9.16. The van der Waals surface area contributed by atoms with E-state index in [-0.39, 0.29) is 5.54 Å². The van der Waals surface area contributed by atoms with Crippen molar-refractivity contribution in [2.24, 2.45) is 0 Å². The van der Waals surface area contributed by atoms with Crippen molar-refractivity contribution in [2.75, 3.05) is 19.8 Å². The summed E-state index contributed by atoms with van der Waals surface area (Å²) < 4.78 is 1.82. The van der Waals surface area contributed by atoms with Crippen LogP contribution in [-0.2, 0) is 31.1 Å². The number of carbonyl (C=O) groups is 3. The molecule has 10 heteroatoms. The molecule has 1 spiro atoms. The van der Waals surface area contributed by atoms with Gasteiger partial charge in [-0.3, -0.25) is 14.5 Å². The molecule has 1 aliphatic heterocycles. The zero-order valence-electron chi connectivity index (χ0n) is 22.6. The highest BCUT2D eigenvalue weighted by molar-refractivity contribution is 8.00. The van der Waals surface area contributed by atoms with Crippen molar-refractivity contribution < 1.29 is 34.8 Å². The fourth-order valence-electron chi connectivity index (χ4n) is 6.02. The van der Waals surface area contributed by atoms with Crippen LogP contribution in [0.5, 0.6) is 0 Å². The number of thiophene rings is 1. The molecule has 0 atom stereocenters. The van der Waals surface area contributed by atoms with E-state index in [0.717, 1.165) is 0 Å². The lowest BCUT2D eigenvalue weighted by atomic mass is 9.70. The standard InChI is InChI=1S/C24H27NS2.C6H8O7/c1-25(2)23(18-8-4-3-5-9-18)13-15-24(16-14-23)22-20(12-17-26-24)19-10-6-7-11-21(19)27-22;7-3(8)1-6(13,5(11)12)2-4(9)10/h3-11H,12-17H2,1-2H3;13H,1-2H2,(H,7,8)(H,9,10)(H,11,12). The predicted molar refractivity (Wildman–Crippen MR) is 157 cm³/mol. The highest BCUT2D eigenvalue weighted by atomic mass is 32.2. The molecule has 0 radical (unpaired) electrons. The van der Waals surface area contributed by atoms with Gasteiger partial charge in [0.05, 0.1) is 17.6 Å². The summed E-state index contributed by atoms with van der Waals surface area (Å²) in [6.45, 7) is 0. The molecule has 0 bridgehead atoms. The average molecular weight is 586 g/mol. The second-order valence-corrected chi connectivity index (χ2v) is 13.3. The van der Waals surface area contributed by atoms with Crippen LogP contribution < -0.4 is 0 Å². The van der Waals surface area contributed by atoms with Gasteiger partial charge in [0.2, 0.25) is 0 Å². The van der Waals surface area contributed by atoms with Gasteiger partial charge in [-0.25, -0.2) is 4.79 Å². The fraction of sp³-hybridized carbons (Fsp3) is 0.433. The van der Waals surface area contributed by atoms with E-state index in [2.05, 4.69) is 96.7 Å². The van der Waals surface area contributed by atoms with Crippen molar-refractivity contribution in [3.63, 3.8) is 0 Å². The van der Waals surface area contributed by atoms with Crippen LogP contribution in [0.25, 0.3) is 10.1 Å². The molecule has 1 aromatic heterocycles. The Kier molecular flexibility index (Phi) is 8.94. The summed E-state index contributed by atoms with van der Waals surface area (Å²) in [6.07, 6.45) is 4.00. The molecule has 0 unspecified atom stereocenters. The SMILES string of the molecule is CN(C)C1(c2ccccc2)CCC2(CC1)SCCc1c2sc2ccccc12.O=C(O)CC(O)(CC(=O)O)C(=O)O. The van der Waals surface area contributed by atoms with Gasteiger partial charge < -0.3 is 20.4 Å². The number of carboxylic acid groups (broad SMARTS) is 3. The molecule has 2 heterocycles. The summed E-state index contributed by atoms with van der Waals surface area (Å²) in [5, 5.41) is 35.3. The molecular formula is C30H35NO7S2. The van der Waals surface area contributed by atoms with Gasteiger partial charge in [-0.05, 0) is 74.5 Å². The van der Waals surface area contributed by atoms with E-state index >= 15 is 0 Å². The predicted octanol–water partition coefficient (Wildman–Crippen LogP) is 5.17. The zero-order valence-corrected chi connectivity index (χ0v) is 24.3. The number of benzene rings is 2. The van der Waals surface area contributed by atoms with Gasteiger partial charge in [-0.2, -0.15) is 0 Å². The Morgan fingerprint density at radius 1 is 0.875 bits per heavy atom. The maximum absolute atomic E-state index is 10.3. The van der Waals surface area contributed by atoms with Crippen molar-refractivity contribution in [3.8, 4) is 0 Å². The molecule has 5 rings (SSSR count). The highest BCUT2D eigenvalue weighted by Gasteiger charge is 2.48. The molecule has 214 valence electrons. The molecule has 1 fully saturated rings. The normalized spacial score (nSPS) is 22.4. The Labute approximate surface area is 241 Å². The first-order valence-corrected chi connectivity index (χ1v) is 15.0. The van der Waals surface area contributed by atoms with Crippen LogP contribution in [0, 0.1) is 0 Å². The maximum Gasteiger partial charge on any atom is 0.336 e. The quantitative estimate of drug-likeness (QED) is 0.296. The summed E-state index contributed by atoms with van der Waals surface area (Å²) in [5.41, 5.74) is 0.590. The smallest absolute Gasteiger partial charge is 0.336 e. The molecular weight excluding hydrogens is 550 g/mol. The van der Waals surface area contributed by atoms with Crippen molar-refractivity contribution in [1.29, 1.82) is 0 Å². The first-order chi connectivity index (χ1) is 18.9. The molecule has 0 amide bonds. The van der Waals surface area contributed by atoms with Crippen molar-refractivity contribution in [1.82, 2.24) is 4.90 Å². The highest BCUT2D eigenvalue weighted by Crippen LogP contribution is 2.59. The third-order valence-corrected chi connectivity index (χ3v) is 11.3. The monoisotopic (exact) mass is 585 g/mol. The molecule has 2 aliphatic rings. The van der Waals surface area contributed by atoms with Gasteiger partial charge in [0.25, 0.3) is 0 Å². The van der Waals surface area contributed by atoms with Crippen LogP contribution >= 0.6 is 23.1 Å². The summed E-state index contributed by atoms with van der Waals surface area (Å²) in [7, 11) is 4.54. The minimum atomic E-state index is -2.74. The minimum absolute atomic E-state index is 0.182. The number of aryl methyl sites for hydroxylation is 1. The van der Waals surface area contributed by atoms with Crippen LogP contribution in [0.3, 0.4) is 0 Å². The lowest BCUT2D eigenvalue weighted by Crippen LogP contribution is -2.47. The number of thioether (sulfide) groups is 1. The van der Waals surface area contributed by atoms with Crippen LogP contribution in [0.1, 0.15) is 54.5 Å². The average Bonchev–Trinajstić information content (AvgIpc) is 3.29. The van der Waals surface area contributed by atoms with Crippen LogP contribution in [0.2, 0.25) is 0 Å². The number of hydrogen-bond acceptors (Lipinski definition) is 7. The van der Waals surface area contributed by atoms with E-state index in [9.17, 15) is 14.4 Å². The van der Waals surface area contributed by atoms with Gasteiger partial charge in [-0.1, -0.05) is 48.5 Å². The van der Waals surface area contributed by atoms with E-state index in [1.165, 1.54) is 53.5 Å². The summed E-state index contributed by atoms with van der Waals surface area (Å²) >= 11 is 4.32. The van der Waals surface area contributed by atoms with Crippen LogP contribution in [0.15, 0.2) is 54.6 Å². The van der Waals surface area contributed by atoms with Gasteiger partial charge in [0.1, 0.15) is 0 Å². The largest absolute Gasteiger partial charge is 0.481 e. The molecule has 3 aromatic rings. The van der Waals surface area contributed by atoms with E-state index in [0.29, 0.717) is 4.75 Å². The van der Waals surface area contributed by atoms with Gasteiger partial charge in [0, 0.05) is 15.1 Å². The van der Waals surface area contributed by atoms with E-state index < -0.39 is 36.4 Å². The lowest BCUT2D eigenvalue weighted by Gasteiger charge is -2.50. The molecule has 1 saturated carbocycles. The number of aliphatic carboxylic acids is 3. The van der Waals surface area contributed by atoms with Gasteiger partial charge >= 0.3 is 17.9 Å². The Hall–Kier alpha value is -2.92. The Bertz CT molecular complexity index is 1360. The summed E-state index contributed by atoms with van der Waals surface area (Å²) in [4.78, 5) is 34.7. The van der Waals surface area contributed by atoms with E-state index in [1.807, 2.05) is 0 Å². The maximum atomic E-state index is 10.3. The molecule has 0 saturated heterocycles. The number of aliphatic hydroxyl groups is 1. The molecule has 2 aromatic carbocycles. The molecule has 8 nitrogen and oxygen atoms in total. The minimum Gasteiger partial charge on any atom is -0.481 e. The van der Waals surface area contributed by atoms with E-state index in [1.54, 1.807) is 10.4 Å². The number of carboxylic acids is 3. The second kappa shape index (κ2) is 11.9. The van der Waals surface area contributed by atoms with Crippen molar-refractivity contribution >= 4 is 51.1 Å². The molecule has 40 heavy (non-hydrogen) atoms. The summed E-state index contributed by atoms with van der Waals surface area (Å²) in [6, 6.07) is 20.2. The second-order valence-electron chi connectivity index (χ2n) is 10.8. The first kappa shape index (κ1) is 30.0. The Morgan fingerprint density at radius 2 is 1.45 bits per heavy atom. The summed E-state index contributed by atoms with van der Waals surface area (Å²) in [5.74, 6) is -3.75. The van der Waals surface area contributed by atoms with Crippen molar-refractivity contribution in [3.05, 3.63) is 70.6 Å². The van der Waals surface area contributed by atoms with Gasteiger partial charge in [0.15, 0.2) is 5.60 Å². The Balaban J connectivity index is 0.000000243. The lowest BCUT2D eigenvalue weighted by molar-refractivity contribution is -0.170. The number of rotatable bonds is 7. The molecule has 1 aliphatic carbocycles. The van der Waals surface area contributed by atoms with Crippen LogP contribution in [0.4, 0.5) is 0 Å². The number of fused-ring (bicyclic) bond motifs is 4. The van der Waals surface area contributed by atoms with Crippen molar-refractivity contribution in [2.45, 2.75) is 60.8 Å². The van der Waals surface area contributed by atoms with E-state index in [4.69, 9.17) is 20.4 Å². The number of hydrogen-bond donors (Lipinski definition) is 4. The van der Waals surface area contributed by atoms with Crippen LogP contribution in [-0.4, -0.2) is 68.7 Å². The Morgan fingerprint density at radius 3 is 2.00 bits per heavy atom.